The molecule has 0 aromatic carbocycles. The minimum absolute atomic E-state index is 0.451. The minimum Gasteiger partial charge on any atom is -0.349 e. The highest BCUT2D eigenvalue weighted by atomic mass is 19.1. The number of halogens is 1. The Bertz CT molecular complexity index is 32.2. The van der Waals surface area contributed by atoms with Gasteiger partial charge in [-0.1, -0.05) is 13.8 Å². The van der Waals surface area contributed by atoms with Gasteiger partial charge in [-0.25, -0.2) is 4.39 Å². The van der Waals surface area contributed by atoms with Crippen LogP contribution in [0.4, 0.5) is 4.39 Å². The van der Waals surface area contributed by atoms with Crippen molar-refractivity contribution in [1.82, 2.24) is 5.32 Å². The maximum absolute atomic E-state index is 11.1. The largest absolute Gasteiger partial charge is 0.349 e. The molecule has 0 saturated heterocycles. The van der Waals surface area contributed by atoms with Crippen molar-refractivity contribution in [3.63, 3.8) is 0 Å². The van der Waals surface area contributed by atoms with E-state index in [4.69, 9.17) is 0 Å². The summed E-state index contributed by atoms with van der Waals surface area (Å²) in [6.45, 7) is 4.48. The lowest BCUT2D eigenvalue weighted by molar-refractivity contribution is 0.0606. The van der Waals surface area contributed by atoms with Gasteiger partial charge in [0, 0.05) is 6.54 Å². The average Bonchev–Trinajstić information content (AvgIpc) is 1.94. The SMILES string of the molecule is CC.CNCCOCF. The van der Waals surface area contributed by atoms with E-state index in [0.29, 0.717) is 13.2 Å². The molecule has 1 N–H and O–H groups in total. The van der Waals surface area contributed by atoms with Gasteiger partial charge in [0.05, 0.1) is 6.61 Å². The van der Waals surface area contributed by atoms with Gasteiger partial charge >= 0.3 is 0 Å². The Hall–Kier alpha value is -0.150. The van der Waals surface area contributed by atoms with Crippen molar-refractivity contribution in [3.05, 3.63) is 0 Å². The Labute approximate surface area is 56.4 Å². The summed E-state index contributed by atoms with van der Waals surface area (Å²) in [6.07, 6.45) is 0. The molecule has 0 unspecified atom stereocenters. The molecule has 0 aliphatic heterocycles. The first-order chi connectivity index (χ1) is 4.41. The molecule has 0 aromatic heterocycles. The summed E-state index contributed by atoms with van der Waals surface area (Å²) in [5.41, 5.74) is 0. The second kappa shape index (κ2) is 15.7. The number of nitrogens with one attached hydrogen (secondary N) is 1. The highest BCUT2D eigenvalue weighted by molar-refractivity contribution is 4.31. The molecule has 0 bridgehead atoms. The Morgan fingerprint density at radius 2 is 2.00 bits per heavy atom. The molecule has 0 aromatic rings. The summed E-state index contributed by atoms with van der Waals surface area (Å²) >= 11 is 0. The number of likely N-dealkylation sites (N-methyl/N-ethyl adjacent to an activating group) is 1. The molecule has 58 valence electrons. The monoisotopic (exact) mass is 137 g/mol. The molecule has 0 heterocycles. The molecule has 0 radical (unpaired) electrons. The van der Waals surface area contributed by atoms with E-state index >= 15 is 0 Å². The fraction of sp³-hybridized carbons (Fsp3) is 1.00. The van der Waals surface area contributed by atoms with Crippen molar-refractivity contribution in [2.45, 2.75) is 13.8 Å². The number of ether oxygens (including phenoxy) is 1. The van der Waals surface area contributed by atoms with Crippen LogP contribution in [0.1, 0.15) is 13.8 Å². The second-order valence-corrected chi connectivity index (χ2v) is 1.12. The van der Waals surface area contributed by atoms with E-state index in [1.807, 2.05) is 13.8 Å². The first-order valence-corrected chi connectivity index (χ1v) is 3.20. The van der Waals surface area contributed by atoms with Gasteiger partial charge in [0.15, 0.2) is 6.86 Å². The van der Waals surface area contributed by atoms with Crippen LogP contribution in [-0.4, -0.2) is 27.1 Å². The number of rotatable bonds is 4. The summed E-state index contributed by atoms with van der Waals surface area (Å²) in [5.74, 6) is 0. The molecule has 0 atom stereocenters. The van der Waals surface area contributed by atoms with Crippen LogP contribution >= 0.6 is 0 Å². The summed E-state index contributed by atoms with van der Waals surface area (Å²) in [6, 6.07) is 0. The minimum atomic E-state index is -0.679. The predicted molar refractivity (Wildman–Crippen MR) is 37.2 cm³/mol. The number of alkyl halides is 1. The number of hydrogen-bond donors (Lipinski definition) is 1. The zero-order valence-corrected chi connectivity index (χ0v) is 6.41. The quantitative estimate of drug-likeness (QED) is 0.587. The second-order valence-electron chi connectivity index (χ2n) is 1.12. The first kappa shape index (κ1) is 11.6. The molecular weight excluding hydrogens is 121 g/mol. The maximum atomic E-state index is 11.1. The Balaban J connectivity index is 0. The zero-order valence-electron chi connectivity index (χ0n) is 6.41. The van der Waals surface area contributed by atoms with E-state index in [9.17, 15) is 4.39 Å². The standard InChI is InChI=1S/C4H10FNO.C2H6/c1-6-2-3-7-4-5;1-2/h6H,2-4H2,1H3;1-2H3. The van der Waals surface area contributed by atoms with Gasteiger partial charge < -0.3 is 10.1 Å². The van der Waals surface area contributed by atoms with Gasteiger partial charge in [0.2, 0.25) is 0 Å². The topological polar surface area (TPSA) is 21.3 Å². The molecule has 0 rings (SSSR count). The van der Waals surface area contributed by atoms with Crippen molar-refractivity contribution < 1.29 is 9.13 Å². The Kier molecular flexibility index (Phi) is 20.2. The molecule has 0 aliphatic rings. The Morgan fingerprint density at radius 1 is 1.44 bits per heavy atom. The van der Waals surface area contributed by atoms with Crippen LogP contribution < -0.4 is 5.32 Å². The third kappa shape index (κ3) is 18.1. The van der Waals surface area contributed by atoms with Gasteiger partial charge in [0.1, 0.15) is 0 Å². The summed E-state index contributed by atoms with van der Waals surface area (Å²) in [4.78, 5) is 0. The predicted octanol–water partition coefficient (Wildman–Crippen LogP) is 1.18. The molecule has 9 heavy (non-hydrogen) atoms. The van der Waals surface area contributed by atoms with Crippen LogP contribution in [0, 0.1) is 0 Å². The van der Waals surface area contributed by atoms with Crippen molar-refractivity contribution in [1.29, 1.82) is 0 Å². The van der Waals surface area contributed by atoms with Gasteiger partial charge in [0.25, 0.3) is 0 Å². The van der Waals surface area contributed by atoms with Gasteiger partial charge in [-0.3, -0.25) is 0 Å². The third-order valence-electron chi connectivity index (χ3n) is 0.574. The fourth-order valence-corrected chi connectivity index (χ4v) is 0.229. The molecule has 0 saturated carbocycles. The maximum Gasteiger partial charge on any atom is 0.188 e. The van der Waals surface area contributed by atoms with Crippen LogP contribution in [0.15, 0.2) is 0 Å². The molecule has 0 aliphatic carbocycles. The molecule has 2 nitrogen and oxygen atoms in total. The van der Waals surface area contributed by atoms with Crippen molar-refractivity contribution in [2.24, 2.45) is 0 Å². The van der Waals surface area contributed by atoms with E-state index in [0.717, 1.165) is 0 Å². The number of hydrogen-bond acceptors (Lipinski definition) is 2. The lowest BCUT2D eigenvalue weighted by Gasteiger charge is -1.94. The highest BCUT2D eigenvalue weighted by Gasteiger charge is 1.78. The lowest BCUT2D eigenvalue weighted by atomic mass is 10.7. The normalized spacial score (nSPS) is 8.00. The van der Waals surface area contributed by atoms with E-state index in [-0.39, 0.29) is 0 Å². The van der Waals surface area contributed by atoms with Crippen molar-refractivity contribution >= 4 is 0 Å². The van der Waals surface area contributed by atoms with E-state index < -0.39 is 6.86 Å². The third-order valence-corrected chi connectivity index (χ3v) is 0.574. The molecule has 0 spiro atoms. The smallest absolute Gasteiger partial charge is 0.188 e. The molecular formula is C6H16FNO. The fourth-order valence-electron chi connectivity index (χ4n) is 0.229. The van der Waals surface area contributed by atoms with Crippen LogP contribution in [0.2, 0.25) is 0 Å². The van der Waals surface area contributed by atoms with E-state index in [2.05, 4.69) is 10.1 Å². The summed E-state index contributed by atoms with van der Waals surface area (Å²) < 4.78 is 15.4. The average molecular weight is 137 g/mol. The van der Waals surface area contributed by atoms with Gasteiger partial charge in [-0.15, -0.1) is 0 Å². The zero-order chi connectivity index (χ0) is 7.54. The van der Waals surface area contributed by atoms with Crippen LogP contribution in [0.25, 0.3) is 0 Å². The Morgan fingerprint density at radius 3 is 2.33 bits per heavy atom. The van der Waals surface area contributed by atoms with E-state index in [1.165, 1.54) is 0 Å². The van der Waals surface area contributed by atoms with Crippen LogP contribution in [-0.2, 0) is 4.74 Å². The van der Waals surface area contributed by atoms with Crippen LogP contribution in [0.5, 0.6) is 0 Å². The van der Waals surface area contributed by atoms with Crippen molar-refractivity contribution in [3.8, 4) is 0 Å². The molecule has 3 heteroatoms. The lowest BCUT2D eigenvalue weighted by Crippen LogP contribution is -2.13. The van der Waals surface area contributed by atoms with Gasteiger partial charge in [-0.2, -0.15) is 0 Å². The summed E-state index contributed by atoms with van der Waals surface area (Å²) in [5, 5.41) is 2.81. The first-order valence-electron chi connectivity index (χ1n) is 3.20. The molecule has 0 fully saturated rings. The van der Waals surface area contributed by atoms with Crippen molar-refractivity contribution in [2.75, 3.05) is 27.1 Å². The van der Waals surface area contributed by atoms with Crippen LogP contribution in [0.3, 0.4) is 0 Å². The van der Waals surface area contributed by atoms with Gasteiger partial charge in [-0.05, 0) is 7.05 Å². The molecule has 0 amide bonds. The highest BCUT2D eigenvalue weighted by Crippen LogP contribution is 1.70. The summed E-state index contributed by atoms with van der Waals surface area (Å²) in [7, 11) is 1.79. The van der Waals surface area contributed by atoms with E-state index in [1.54, 1.807) is 7.05 Å².